The van der Waals surface area contributed by atoms with Gasteiger partial charge in [-0.25, -0.2) is 14.3 Å². The molecule has 0 spiro atoms. The van der Waals surface area contributed by atoms with Crippen molar-refractivity contribution < 1.29 is 19.1 Å². The van der Waals surface area contributed by atoms with Gasteiger partial charge < -0.3 is 14.8 Å². The fourth-order valence-electron chi connectivity index (χ4n) is 2.52. The molecule has 2 rings (SSSR count). The van der Waals surface area contributed by atoms with Crippen molar-refractivity contribution in [3.05, 3.63) is 47.1 Å². The lowest BCUT2D eigenvalue weighted by molar-refractivity contribution is -0.146. The second-order valence-corrected chi connectivity index (χ2v) is 7.58. The Bertz CT molecular complexity index is 876. The third-order valence-electron chi connectivity index (χ3n) is 3.84. The summed E-state index contributed by atoms with van der Waals surface area (Å²) in [4.78, 5) is 24.3. The number of nitrogens with one attached hydrogen (secondary N) is 1. The Labute approximate surface area is 175 Å². The van der Waals surface area contributed by atoms with Crippen LogP contribution in [0.4, 0.5) is 5.82 Å². The molecule has 0 aliphatic rings. The van der Waals surface area contributed by atoms with E-state index in [0.717, 1.165) is 11.3 Å². The highest BCUT2D eigenvalue weighted by Gasteiger charge is 2.23. The normalized spacial score (nSPS) is 11.0. The Morgan fingerprint density at radius 1 is 1.10 bits per heavy atom. The summed E-state index contributed by atoms with van der Waals surface area (Å²) in [5, 5.41) is 8.32. The molecule has 1 N–H and O–H groups in total. The van der Waals surface area contributed by atoms with Gasteiger partial charge in [0.2, 0.25) is 0 Å². The summed E-state index contributed by atoms with van der Waals surface area (Å²) in [5.74, 6) is -0.898. The monoisotopic (exact) mass is 419 g/mol. The van der Waals surface area contributed by atoms with Crippen LogP contribution in [0.3, 0.4) is 0 Å². The van der Waals surface area contributed by atoms with Crippen LogP contribution in [-0.2, 0) is 24.6 Å². The van der Waals surface area contributed by atoms with Crippen molar-refractivity contribution in [2.24, 2.45) is 0 Å². The number of hydrogen-bond donors (Lipinski definition) is 1. The summed E-state index contributed by atoms with van der Waals surface area (Å²) in [6.07, 6.45) is 1.29. The fraction of sp³-hybridized carbons (Fsp3) is 0.381. The molecule has 29 heavy (non-hydrogen) atoms. The maximum absolute atomic E-state index is 12.2. The van der Waals surface area contributed by atoms with E-state index in [1.54, 1.807) is 30.7 Å². The van der Waals surface area contributed by atoms with E-state index in [1.165, 1.54) is 6.20 Å². The molecule has 1 heterocycles. The molecule has 2 aromatic rings. The highest BCUT2D eigenvalue weighted by atomic mass is 35.5. The van der Waals surface area contributed by atoms with Gasteiger partial charge in [0.05, 0.1) is 24.4 Å². The Hall–Kier alpha value is -2.80. The van der Waals surface area contributed by atoms with Crippen molar-refractivity contribution in [3.63, 3.8) is 0 Å². The molecule has 7 nitrogen and oxygen atoms in total. The minimum Gasteiger partial charge on any atom is -0.462 e. The van der Waals surface area contributed by atoms with E-state index in [-0.39, 0.29) is 24.3 Å². The van der Waals surface area contributed by atoms with Gasteiger partial charge in [-0.05, 0) is 46.8 Å². The largest absolute Gasteiger partial charge is 0.462 e. The van der Waals surface area contributed by atoms with E-state index < -0.39 is 11.9 Å². The Kier molecular flexibility index (Phi) is 7.45. The first-order valence-corrected chi connectivity index (χ1v) is 9.72. The number of anilines is 1. The molecule has 156 valence electrons. The average molecular weight is 420 g/mol. The van der Waals surface area contributed by atoms with Gasteiger partial charge >= 0.3 is 11.9 Å². The van der Waals surface area contributed by atoms with Crippen molar-refractivity contribution in [1.82, 2.24) is 9.78 Å². The number of esters is 2. The molecule has 0 amide bonds. The second-order valence-electron chi connectivity index (χ2n) is 7.15. The van der Waals surface area contributed by atoms with Gasteiger partial charge in [0.1, 0.15) is 5.82 Å². The molecule has 1 aromatic heterocycles. The first kappa shape index (κ1) is 22.5. The van der Waals surface area contributed by atoms with Crippen molar-refractivity contribution >= 4 is 29.4 Å². The molecule has 0 bridgehead atoms. The van der Waals surface area contributed by atoms with Crippen LogP contribution in [0.1, 0.15) is 34.6 Å². The number of nitrogens with zero attached hydrogens (tertiary/aromatic N) is 2. The molecule has 0 fully saturated rings. The zero-order valence-corrected chi connectivity index (χ0v) is 18.0. The van der Waals surface area contributed by atoms with E-state index in [0.29, 0.717) is 10.8 Å². The number of carbonyl (C=O) groups excluding carboxylic acids is 2. The molecular formula is C21H26ClN3O4. The first-order chi connectivity index (χ1) is 13.7. The maximum Gasteiger partial charge on any atom is 0.347 e. The van der Waals surface area contributed by atoms with E-state index in [9.17, 15) is 9.59 Å². The number of ether oxygens (including phenoxy) is 2. The van der Waals surface area contributed by atoms with Gasteiger partial charge in [-0.1, -0.05) is 23.7 Å². The summed E-state index contributed by atoms with van der Waals surface area (Å²) in [5.41, 5.74) is 1.04. The summed E-state index contributed by atoms with van der Waals surface area (Å²) >= 11 is 5.97. The van der Waals surface area contributed by atoms with Crippen LogP contribution in [0.25, 0.3) is 11.3 Å². The third kappa shape index (κ3) is 5.84. The standard InChI is InChI=1S/C21H26ClN3O4/c1-6-28-19(26)16(20(27)29-7-2)13-23-18-12-17(24-25(18)21(3,4)5)14-8-10-15(22)11-9-14/h8-13,23H,6-7H2,1-5H3. The lowest BCUT2D eigenvalue weighted by Gasteiger charge is -2.22. The van der Waals surface area contributed by atoms with E-state index in [4.69, 9.17) is 21.1 Å². The molecule has 1 aromatic carbocycles. The van der Waals surface area contributed by atoms with Crippen LogP contribution < -0.4 is 5.32 Å². The highest BCUT2D eigenvalue weighted by molar-refractivity contribution is 6.30. The topological polar surface area (TPSA) is 82.5 Å². The van der Waals surface area contributed by atoms with Gasteiger partial charge in [-0.15, -0.1) is 0 Å². The molecule has 0 unspecified atom stereocenters. The quantitative estimate of drug-likeness (QED) is 0.310. The minimum absolute atomic E-state index is 0.149. The van der Waals surface area contributed by atoms with Crippen LogP contribution in [0, 0.1) is 0 Å². The number of rotatable bonds is 7. The fourth-order valence-corrected chi connectivity index (χ4v) is 2.65. The molecule has 0 saturated heterocycles. The number of hydrogen-bond acceptors (Lipinski definition) is 6. The van der Waals surface area contributed by atoms with Gasteiger partial charge in [-0.2, -0.15) is 5.10 Å². The predicted octanol–water partition coefficient (Wildman–Crippen LogP) is 4.38. The molecule has 0 aliphatic carbocycles. The second kappa shape index (κ2) is 9.60. The summed E-state index contributed by atoms with van der Waals surface area (Å²) < 4.78 is 11.7. The number of benzene rings is 1. The van der Waals surface area contributed by atoms with Crippen LogP contribution >= 0.6 is 11.6 Å². The Morgan fingerprint density at radius 3 is 2.14 bits per heavy atom. The smallest absolute Gasteiger partial charge is 0.347 e. The van der Waals surface area contributed by atoms with Gasteiger partial charge in [-0.3, -0.25) is 0 Å². The van der Waals surface area contributed by atoms with Crippen LogP contribution in [-0.4, -0.2) is 34.9 Å². The molecule has 0 atom stereocenters. The Morgan fingerprint density at radius 2 is 1.66 bits per heavy atom. The summed E-state index contributed by atoms with van der Waals surface area (Å²) in [6, 6.07) is 9.16. The van der Waals surface area contributed by atoms with Crippen LogP contribution in [0.15, 0.2) is 42.1 Å². The summed E-state index contributed by atoms with van der Waals surface area (Å²) in [7, 11) is 0. The van der Waals surface area contributed by atoms with Crippen molar-refractivity contribution in [3.8, 4) is 11.3 Å². The van der Waals surface area contributed by atoms with Crippen LogP contribution in [0.2, 0.25) is 5.02 Å². The van der Waals surface area contributed by atoms with Gasteiger partial charge in [0.25, 0.3) is 0 Å². The van der Waals surface area contributed by atoms with Gasteiger partial charge in [0.15, 0.2) is 5.57 Å². The molecular weight excluding hydrogens is 394 g/mol. The predicted molar refractivity (Wildman–Crippen MR) is 113 cm³/mol. The lowest BCUT2D eigenvalue weighted by atomic mass is 10.1. The third-order valence-corrected chi connectivity index (χ3v) is 4.09. The molecule has 0 radical (unpaired) electrons. The SMILES string of the molecule is CCOC(=O)C(=CNc1cc(-c2ccc(Cl)cc2)nn1C(C)(C)C)C(=O)OCC. The lowest BCUT2D eigenvalue weighted by Crippen LogP contribution is -2.25. The zero-order chi connectivity index (χ0) is 21.6. The van der Waals surface area contributed by atoms with Crippen molar-refractivity contribution in [2.75, 3.05) is 18.5 Å². The van der Waals surface area contributed by atoms with E-state index >= 15 is 0 Å². The number of aromatic nitrogens is 2. The van der Waals surface area contributed by atoms with E-state index in [2.05, 4.69) is 10.4 Å². The first-order valence-electron chi connectivity index (χ1n) is 9.34. The molecule has 0 aliphatic heterocycles. The molecule has 8 heteroatoms. The number of carbonyl (C=O) groups is 2. The average Bonchev–Trinajstić information content (AvgIpc) is 3.07. The minimum atomic E-state index is -0.752. The number of halogens is 1. The highest BCUT2D eigenvalue weighted by Crippen LogP contribution is 2.28. The van der Waals surface area contributed by atoms with Crippen LogP contribution in [0.5, 0.6) is 0 Å². The van der Waals surface area contributed by atoms with Crippen molar-refractivity contribution in [2.45, 2.75) is 40.2 Å². The van der Waals surface area contributed by atoms with E-state index in [1.807, 2.05) is 39.0 Å². The summed E-state index contributed by atoms with van der Waals surface area (Å²) in [6.45, 7) is 9.63. The maximum atomic E-state index is 12.2. The van der Waals surface area contributed by atoms with Gasteiger partial charge in [0, 0.05) is 22.9 Å². The zero-order valence-electron chi connectivity index (χ0n) is 17.3. The Balaban J connectivity index is 2.43. The van der Waals surface area contributed by atoms with Crippen molar-refractivity contribution in [1.29, 1.82) is 0 Å². The molecule has 0 saturated carbocycles.